The molecule has 7 heteroatoms. The standard InChI is InChI=1S/C24H30N4O3/c1-4-18-8-10-21(11-9-18)26-23(30)16-27-12-13-28(17(2)29)22(15-27)19-6-5-7-20(14-19)24(31)25-3/h5-11,14,22H,4,12-13,15-16H2,1-3H3,(H,25,31)(H,26,30). The summed E-state index contributed by atoms with van der Waals surface area (Å²) in [7, 11) is 1.59. The quantitative estimate of drug-likeness (QED) is 0.749. The Labute approximate surface area is 183 Å². The molecule has 0 saturated carbocycles. The fourth-order valence-electron chi connectivity index (χ4n) is 3.90. The van der Waals surface area contributed by atoms with E-state index in [-0.39, 0.29) is 30.3 Å². The van der Waals surface area contributed by atoms with Gasteiger partial charge in [-0.25, -0.2) is 0 Å². The summed E-state index contributed by atoms with van der Waals surface area (Å²) >= 11 is 0. The molecule has 1 heterocycles. The number of carbonyl (C=O) groups excluding carboxylic acids is 3. The van der Waals surface area contributed by atoms with E-state index in [2.05, 4.69) is 17.6 Å². The van der Waals surface area contributed by atoms with Gasteiger partial charge in [-0.2, -0.15) is 0 Å². The number of anilines is 1. The lowest BCUT2D eigenvalue weighted by Crippen LogP contribution is -2.51. The molecule has 1 aliphatic rings. The lowest BCUT2D eigenvalue weighted by Gasteiger charge is -2.41. The second-order valence-electron chi connectivity index (χ2n) is 7.77. The molecule has 1 unspecified atom stereocenters. The third-order valence-corrected chi connectivity index (χ3v) is 5.64. The number of rotatable bonds is 6. The lowest BCUT2D eigenvalue weighted by atomic mass is 9.99. The van der Waals surface area contributed by atoms with Crippen LogP contribution in [0.2, 0.25) is 0 Å². The van der Waals surface area contributed by atoms with Crippen LogP contribution in [-0.4, -0.2) is 60.7 Å². The van der Waals surface area contributed by atoms with E-state index in [0.717, 1.165) is 17.7 Å². The molecule has 2 aromatic rings. The van der Waals surface area contributed by atoms with Gasteiger partial charge in [0.05, 0.1) is 12.6 Å². The van der Waals surface area contributed by atoms with Crippen LogP contribution in [0.3, 0.4) is 0 Å². The highest BCUT2D eigenvalue weighted by atomic mass is 16.2. The Morgan fingerprint density at radius 3 is 2.45 bits per heavy atom. The Morgan fingerprint density at radius 2 is 1.81 bits per heavy atom. The van der Waals surface area contributed by atoms with Gasteiger partial charge in [-0.3, -0.25) is 19.3 Å². The molecule has 2 aromatic carbocycles. The Balaban J connectivity index is 1.70. The minimum atomic E-state index is -0.215. The normalized spacial score (nSPS) is 16.6. The molecule has 1 fully saturated rings. The number of hydrogen-bond acceptors (Lipinski definition) is 4. The predicted molar refractivity (Wildman–Crippen MR) is 121 cm³/mol. The van der Waals surface area contributed by atoms with Gasteiger partial charge in [-0.15, -0.1) is 0 Å². The first-order valence-corrected chi connectivity index (χ1v) is 10.6. The first kappa shape index (κ1) is 22.5. The summed E-state index contributed by atoms with van der Waals surface area (Å²) in [4.78, 5) is 40.7. The van der Waals surface area contributed by atoms with Crippen LogP contribution in [0.25, 0.3) is 0 Å². The van der Waals surface area contributed by atoms with Gasteiger partial charge in [0.15, 0.2) is 0 Å². The van der Waals surface area contributed by atoms with Crippen LogP contribution in [0.1, 0.15) is 41.4 Å². The number of aryl methyl sites for hydroxylation is 1. The van der Waals surface area contributed by atoms with Crippen LogP contribution in [0.5, 0.6) is 0 Å². The highest BCUT2D eigenvalue weighted by Gasteiger charge is 2.31. The van der Waals surface area contributed by atoms with Crippen molar-refractivity contribution in [2.24, 2.45) is 0 Å². The van der Waals surface area contributed by atoms with Crippen molar-refractivity contribution in [1.29, 1.82) is 0 Å². The third-order valence-electron chi connectivity index (χ3n) is 5.64. The van der Waals surface area contributed by atoms with Crippen molar-refractivity contribution in [3.63, 3.8) is 0 Å². The molecule has 31 heavy (non-hydrogen) atoms. The summed E-state index contributed by atoms with van der Waals surface area (Å²) in [6.45, 7) is 5.56. The monoisotopic (exact) mass is 422 g/mol. The number of hydrogen-bond donors (Lipinski definition) is 2. The first-order valence-electron chi connectivity index (χ1n) is 10.6. The molecule has 0 radical (unpaired) electrons. The Bertz CT molecular complexity index is 942. The minimum absolute atomic E-state index is 0.0181. The van der Waals surface area contributed by atoms with Crippen LogP contribution < -0.4 is 10.6 Å². The number of nitrogens with one attached hydrogen (secondary N) is 2. The second kappa shape index (κ2) is 10.2. The minimum Gasteiger partial charge on any atom is -0.355 e. The number of nitrogens with zero attached hydrogens (tertiary/aromatic N) is 2. The van der Waals surface area contributed by atoms with Gasteiger partial charge in [0.2, 0.25) is 11.8 Å². The van der Waals surface area contributed by atoms with Gasteiger partial charge in [-0.1, -0.05) is 31.2 Å². The molecular weight excluding hydrogens is 392 g/mol. The van der Waals surface area contributed by atoms with Gasteiger partial charge in [0.25, 0.3) is 5.91 Å². The van der Waals surface area contributed by atoms with E-state index in [9.17, 15) is 14.4 Å². The van der Waals surface area contributed by atoms with Gasteiger partial charge in [0, 0.05) is 44.9 Å². The van der Waals surface area contributed by atoms with E-state index in [4.69, 9.17) is 0 Å². The maximum atomic E-state index is 12.6. The number of carbonyl (C=O) groups is 3. The highest BCUT2D eigenvalue weighted by Crippen LogP contribution is 2.26. The van der Waals surface area contributed by atoms with Gasteiger partial charge in [-0.05, 0) is 41.8 Å². The topological polar surface area (TPSA) is 81.8 Å². The molecule has 0 aromatic heterocycles. The fourth-order valence-corrected chi connectivity index (χ4v) is 3.90. The SMILES string of the molecule is CCc1ccc(NC(=O)CN2CCN(C(C)=O)C(c3cccc(C(=O)NC)c3)C2)cc1. The van der Waals surface area contributed by atoms with E-state index in [1.54, 1.807) is 24.9 Å². The average molecular weight is 423 g/mol. The zero-order valence-corrected chi connectivity index (χ0v) is 18.4. The van der Waals surface area contributed by atoms with Crippen LogP contribution >= 0.6 is 0 Å². The molecule has 0 bridgehead atoms. The van der Waals surface area contributed by atoms with E-state index >= 15 is 0 Å². The Morgan fingerprint density at radius 1 is 1.06 bits per heavy atom. The molecule has 0 spiro atoms. The first-order chi connectivity index (χ1) is 14.9. The molecule has 2 N–H and O–H groups in total. The molecule has 3 amide bonds. The zero-order chi connectivity index (χ0) is 22.4. The number of piperazine rings is 1. The lowest BCUT2D eigenvalue weighted by molar-refractivity contribution is -0.134. The maximum Gasteiger partial charge on any atom is 0.251 e. The summed E-state index contributed by atoms with van der Waals surface area (Å²) in [6.07, 6.45) is 0.956. The van der Waals surface area contributed by atoms with Crippen molar-refractivity contribution >= 4 is 23.4 Å². The molecule has 3 rings (SSSR count). The third kappa shape index (κ3) is 5.70. The van der Waals surface area contributed by atoms with Crippen molar-refractivity contribution in [2.45, 2.75) is 26.3 Å². The highest BCUT2D eigenvalue weighted by molar-refractivity contribution is 5.94. The van der Waals surface area contributed by atoms with Crippen LogP contribution in [0.15, 0.2) is 48.5 Å². The molecule has 1 saturated heterocycles. The van der Waals surface area contributed by atoms with Gasteiger partial charge in [0.1, 0.15) is 0 Å². The summed E-state index contributed by atoms with van der Waals surface area (Å²) < 4.78 is 0. The largest absolute Gasteiger partial charge is 0.355 e. The van der Waals surface area contributed by atoms with Gasteiger partial charge < -0.3 is 15.5 Å². The van der Waals surface area contributed by atoms with Crippen LogP contribution in [0.4, 0.5) is 5.69 Å². The summed E-state index contributed by atoms with van der Waals surface area (Å²) in [5.41, 5.74) is 3.44. The van der Waals surface area contributed by atoms with Crippen molar-refractivity contribution in [1.82, 2.24) is 15.1 Å². The van der Waals surface area contributed by atoms with E-state index in [1.165, 1.54) is 5.56 Å². The van der Waals surface area contributed by atoms with E-state index < -0.39 is 0 Å². The van der Waals surface area contributed by atoms with Crippen molar-refractivity contribution in [3.05, 3.63) is 65.2 Å². The molecular formula is C24H30N4O3. The van der Waals surface area contributed by atoms with Crippen molar-refractivity contribution in [3.8, 4) is 0 Å². The summed E-state index contributed by atoms with van der Waals surface area (Å²) in [5.74, 6) is -0.272. The molecule has 0 aliphatic carbocycles. The molecule has 164 valence electrons. The van der Waals surface area contributed by atoms with Crippen molar-refractivity contribution < 1.29 is 14.4 Å². The maximum absolute atomic E-state index is 12.6. The van der Waals surface area contributed by atoms with Gasteiger partial charge >= 0.3 is 0 Å². The Hall–Kier alpha value is -3.19. The van der Waals surface area contributed by atoms with Crippen molar-refractivity contribution in [2.75, 3.05) is 38.5 Å². The molecule has 1 aliphatic heterocycles. The predicted octanol–water partition coefficient (Wildman–Crippen LogP) is 2.45. The smallest absolute Gasteiger partial charge is 0.251 e. The summed E-state index contributed by atoms with van der Waals surface area (Å²) in [6, 6.07) is 14.9. The zero-order valence-electron chi connectivity index (χ0n) is 18.4. The molecule has 7 nitrogen and oxygen atoms in total. The Kier molecular flexibility index (Phi) is 7.41. The van der Waals surface area contributed by atoms with E-state index in [1.807, 2.05) is 47.4 Å². The van der Waals surface area contributed by atoms with Crippen LogP contribution in [-0.2, 0) is 16.0 Å². The fraction of sp³-hybridized carbons (Fsp3) is 0.375. The summed E-state index contributed by atoms with van der Waals surface area (Å²) in [5, 5.41) is 5.57. The second-order valence-corrected chi connectivity index (χ2v) is 7.77. The molecule has 1 atom stereocenters. The van der Waals surface area contributed by atoms with E-state index in [0.29, 0.717) is 25.2 Å². The number of amides is 3. The number of benzene rings is 2. The average Bonchev–Trinajstić information content (AvgIpc) is 2.78. The van der Waals surface area contributed by atoms with Crippen LogP contribution in [0, 0.1) is 0 Å².